The highest BCUT2D eigenvalue weighted by atomic mass is 32.1. The van der Waals surface area contributed by atoms with Gasteiger partial charge in [-0.2, -0.15) is 0 Å². The van der Waals surface area contributed by atoms with Crippen LogP contribution >= 0.6 is 11.3 Å². The lowest BCUT2D eigenvalue weighted by Crippen LogP contribution is -2.36. The van der Waals surface area contributed by atoms with Gasteiger partial charge in [-0.05, 0) is 54.8 Å². The molecule has 0 atom stereocenters. The van der Waals surface area contributed by atoms with E-state index in [0.717, 1.165) is 10.6 Å². The van der Waals surface area contributed by atoms with Gasteiger partial charge in [0.05, 0.1) is 31.5 Å². The van der Waals surface area contributed by atoms with E-state index in [9.17, 15) is 9.59 Å². The molecule has 0 spiro atoms. The van der Waals surface area contributed by atoms with Crippen LogP contribution < -0.4 is 19.5 Å². The zero-order valence-corrected chi connectivity index (χ0v) is 19.2. The first-order valence-corrected chi connectivity index (χ1v) is 11.4. The Morgan fingerprint density at radius 2 is 1.67 bits per heavy atom. The number of para-hydroxylation sites is 2. The van der Waals surface area contributed by atoms with Gasteiger partial charge in [0.25, 0.3) is 11.8 Å². The van der Waals surface area contributed by atoms with Gasteiger partial charge in [-0.1, -0.05) is 18.2 Å². The van der Waals surface area contributed by atoms with Gasteiger partial charge in [0.2, 0.25) is 0 Å². The van der Waals surface area contributed by atoms with Crippen molar-refractivity contribution < 1.29 is 23.8 Å². The van der Waals surface area contributed by atoms with Crippen LogP contribution in [0.4, 0.5) is 5.69 Å². The Hall–Kier alpha value is -3.78. The molecule has 2 heterocycles. The number of nitrogens with one attached hydrogen (secondary N) is 1. The predicted octanol–water partition coefficient (Wildman–Crippen LogP) is 4.43. The summed E-state index contributed by atoms with van der Waals surface area (Å²) in [5, 5.41) is 5.03. The van der Waals surface area contributed by atoms with E-state index < -0.39 is 5.91 Å². The van der Waals surface area contributed by atoms with Crippen molar-refractivity contribution in [1.82, 2.24) is 4.90 Å². The minimum atomic E-state index is -0.395. The van der Waals surface area contributed by atoms with Crippen LogP contribution in [0.3, 0.4) is 0 Å². The zero-order chi connectivity index (χ0) is 23.2. The largest absolute Gasteiger partial charge is 0.497 e. The maximum Gasteiger partial charge on any atom is 0.278 e. The van der Waals surface area contributed by atoms with E-state index >= 15 is 0 Å². The molecule has 0 saturated heterocycles. The molecule has 0 unspecified atom stereocenters. The second-order valence-electron chi connectivity index (χ2n) is 7.07. The van der Waals surface area contributed by atoms with Gasteiger partial charge in [0.15, 0.2) is 0 Å². The molecule has 4 rings (SSSR count). The van der Waals surface area contributed by atoms with E-state index in [1.165, 1.54) is 16.2 Å². The number of rotatable bonds is 10. The topological polar surface area (TPSA) is 77.1 Å². The maximum absolute atomic E-state index is 13.3. The SMILES string of the molecule is CCOc1ccccc1NC1=C(c2cccs2)C(=O)N(CCOc2ccc(OC)cc2)C1=O. The first-order chi connectivity index (χ1) is 16.1. The molecule has 2 aromatic carbocycles. The van der Waals surface area contributed by atoms with E-state index in [-0.39, 0.29) is 24.8 Å². The summed E-state index contributed by atoms with van der Waals surface area (Å²) < 4.78 is 16.5. The third-order valence-electron chi connectivity index (χ3n) is 5.03. The molecule has 0 fully saturated rings. The Balaban J connectivity index is 1.54. The lowest BCUT2D eigenvalue weighted by molar-refractivity contribution is -0.137. The molecule has 33 heavy (non-hydrogen) atoms. The molecule has 0 radical (unpaired) electrons. The number of anilines is 1. The zero-order valence-electron chi connectivity index (χ0n) is 18.4. The smallest absolute Gasteiger partial charge is 0.278 e. The molecule has 0 aliphatic carbocycles. The Kier molecular flexibility index (Phi) is 6.95. The molecule has 170 valence electrons. The number of thiophene rings is 1. The molecule has 2 amide bonds. The Morgan fingerprint density at radius 3 is 2.36 bits per heavy atom. The van der Waals surface area contributed by atoms with E-state index in [1.54, 1.807) is 31.4 Å². The van der Waals surface area contributed by atoms with Gasteiger partial charge in [-0.15, -0.1) is 11.3 Å². The third-order valence-corrected chi connectivity index (χ3v) is 5.91. The van der Waals surface area contributed by atoms with Gasteiger partial charge in [-0.25, -0.2) is 0 Å². The Morgan fingerprint density at radius 1 is 0.909 bits per heavy atom. The summed E-state index contributed by atoms with van der Waals surface area (Å²) in [7, 11) is 1.59. The standard InChI is InChI=1S/C25H24N2O5S/c1-3-31-20-8-5-4-7-19(20)26-23-22(21-9-6-16-33-21)24(28)27(25(23)29)14-15-32-18-12-10-17(30-2)11-13-18/h4-13,16,26H,3,14-15H2,1-2H3. The summed E-state index contributed by atoms with van der Waals surface area (Å²) in [6.45, 7) is 2.67. The lowest BCUT2D eigenvalue weighted by Gasteiger charge is -2.16. The molecule has 1 aliphatic heterocycles. The van der Waals surface area contributed by atoms with Crippen LogP contribution in [0.2, 0.25) is 0 Å². The number of benzene rings is 2. The van der Waals surface area contributed by atoms with Gasteiger partial charge in [-0.3, -0.25) is 14.5 Å². The van der Waals surface area contributed by atoms with E-state index in [4.69, 9.17) is 14.2 Å². The Labute approximate surface area is 196 Å². The summed E-state index contributed by atoms with van der Waals surface area (Å²) in [5.74, 6) is 1.22. The number of hydrogen-bond donors (Lipinski definition) is 1. The van der Waals surface area contributed by atoms with Crippen LogP contribution in [-0.2, 0) is 9.59 Å². The summed E-state index contributed by atoms with van der Waals surface area (Å²) in [6, 6.07) is 18.2. The second-order valence-corrected chi connectivity index (χ2v) is 8.02. The summed E-state index contributed by atoms with van der Waals surface area (Å²) in [5.41, 5.74) is 1.21. The number of hydrogen-bond acceptors (Lipinski definition) is 7. The number of imide groups is 1. The van der Waals surface area contributed by atoms with Gasteiger partial charge in [0.1, 0.15) is 29.6 Å². The van der Waals surface area contributed by atoms with E-state index in [0.29, 0.717) is 29.4 Å². The van der Waals surface area contributed by atoms with Crippen molar-refractivity contribution >= 4 is 34.4 Å². The van der Waals surface area contributed by atoms with Crippen molar-refractivity contribution in [3.05, 3.63) is 76.6 Å². The quantitative estimate of drug-likeness (QED) is 0.448. The number of ether oxygens (including phenoxy) is 3. The predicted molar refractivity (Wildman–Crippen MR) is 128 cm³/mol. The van der Waals surface area contributed by atoms with Crippen LogP contribution in [0.25, 0.3) is 5.57 Å². The molecule has 0 bridgehead atoms. The van der Waals surface area contributed by atoms with Crippen molar-refractivity contribution in [3.8, 4) is 17.2 Å². The van der Waals surface area contributed by atoms with Crippen LogP contribution in [0, 0.1) is 0 Å². The van der Waals surface area contributed by atoms with Gasteiger partial charge in [0, 0.05) is 4.88 Å². The summed E-state index contributed by atoms with van der Waals surface area (Å²) in [4.78, 5) is 28.5. The van der Waals surface area contributed by atoms with Crippen molar-refractivity contribution in [2.75, 3.05) is 32.2 Å². The van der Waals surface area contributed by atoms with Crippen LogP contribution in [0.5, 0.6) is 17.2 Å². The molecule has 1 N–H and O–H groups in total. The van der Waals surface area contributed by atoms with Gasteiger partial charge < -0.3 is 19.5 Å². The average Bonchev–Trinajstić information content (AvgIpc) is 3.44. The number of carbonyl (C=O) groups is 2. The summed E-state index contributed by atoms with van der Waals surface area (Å²) >= 11 is 1.41. The second kappa shape index (κ2) is 10.2. The molecule has 8 heteroatoms. The molecule has 3 aromatic rings. The van der Waals surface area contributed by atoms with Crippen LogP contribution in [0.1, 0.15) is 11.8 Å². The lowest BCUT2D eigenvalue weighted by atomic mass is 10.2. The number of amides is 2. The highest BCUT2D eigenvalue weighted by Crippen LogP contribution is 2.35. The molecular weight excluding hydrogens is 440 g/mol. The molecule has 7 nitrogen and oxygen atoms in total. The van der Waals surface area contributed by atoms with Crippen molar-refractivity contribution in [3.63, 3.8) is 0 Å². The van der Waals surface area contributed by atoms with Crippen LogP contribution in [0.15, 0.2) is 71.7 Å². The van der Waals surface area contributed by atoms with Crippen LogP contribution in [-0.4, -0.2) is 43.6 Å². The molecule has 1 aromatic heterocycles. The third kappa shape index (κ3) is 4.85. The number of carbonyl (C=O) groups excluding carboxylic acids is 2. The fourth-order valence-corrected chi connectivity index (χ4v) is 4.23. The molecular formula is C25H24N2O5S. The van der Waals surface area contributed by atoms with E-state index in [1.807, 2.05) is 48.7 Å². The maximum atomic E-state index is 13.3. The highest BCUT2D eigenvalue weighted by Gasteiger charge is 2.39. The van der Waals surface area contributed by atoms with Crippen molar-refractivity contribution in [1.29, 1.82) is 0 Å². The minimum Gasteiger partial charge on any atom is -0.497 e. The number of nitrogens with zero attached hydrogens (tertiary/aromatic N) is 1. The molecule has 1 aliphatic rings. The monoisotopic (exact) mass is 464 g/mol. The highest BCUT2D eigenvalue weighted by molar-refractivity contribution is 7.11. The number of methoxy groups -OCH3 is 1. The van der Waals surface area contributed by atoms with Crippen molar-refractivity contribution in [2.24, 2.45) is 0 Å². The fourth-order valence-electron chi connectivity index (χ4n) is 3.46. The van der Waals surface area contributed by atoms with Gasteiger partial charge >= 0.3 is 0 Å². The fraction of sp³-hybridized carbons (Fsp3) is 0.200. The van der Waals surface area contributed by atoms with E-state index in [2.05, 4.69) is 5.32 Å². The average molecular weight is 465 g/mol. The minimum absolute atomic E-state index is 0.122. The first-order valence-electron chi connectivity index (χ1n) is 10.5. The normalized spacial score (nSPS) is 13.5. The molecule has 0 saturated carbocycles. The van der Waals surface area contributed by atoms with Crippen molar-refractivity contribution in [2.45, 2.75) is 6.92 Å². The summed E-state index contributed by atoms with van der Waals surface area (Å²) in [6.07, 6.45) is 0. The first kappa shape index (κ1) is 22.4. The Bertz CT molecular complexity index is 1160.